The molecular weight excluding hydrogens is 446 g/mol. The van der Waals surface area contributed by atoms with Crippen molar-refractivity contribution in [2.75, 3.05) is 45.9 Å². The van der Waals surface area contributed by atoms with Crippen molar-refractivity contribution in [2.45, 2.75) is 30.7 Å². The van der Waals surface area contributed by atoms with Crippen LogP contribution < -0.4 is 5.32 Å². The van der Waals surface area contributed by atoms with Crippen molar-refractivity contribution >= 4 is 27.3 Å². The van der Waals surface area contributed by atoms with E-state index < -0.39 is 10.0 Å². The molecule has 32 heavy (non-hydrogen) atoms. The zero-order valence-electron chi connectivity index (χ0n) is 18.4. The number of morpholine rings is 1. The quantitative estimate of drug-likeness (QED) is 0.663. The van der Waals surface area contributed by atoms with Crippen molar-refractivity contribution in [1.82, 2.24) is 14.5 Å². The van der Waals surface area contributed by atoms with Crippen molar-refractivity contribution in [3.05, 3.63) is 52.2 Å². The molecule has 0 radical (unpaired) electrons. The van der Waals surface area contributed by atoms with Crippen LogP contribution in [0.15, 0.2) is 46.7 Å². The predicted octanol–water partition coefficient (Wildman–Crippen LogP) is 2.97. The highest BCUT2D eigenvalue weighted by Crippen LogP contribution is 2.29. The molecule has 2 aliphatic heterocycles. The first kappa shape index (κ1) is 23.4. The molecule has 1 unspecified atom stereocenters. The number of benzene rings is 1. The normalized spacial score (nSPS) is 20.2. The highest BCUT2D eigenvalue weighted by Gasteiger charge is 2.31. The van der Waals surface area contributed by atoms with E-state index in [-0.39, 0.29) is 22.4 Å². The van der Waals surface area contributed by atoms with Gasteiger partial charge in [0, 0.05) is 24.5 Å². The Morgan fingerprint density at radius 2 is 1.84 bits per heavy atom. The van der Waals surface area contributed by atoms with Gasteiger partial charge in [-0.05, 0) is 55.4 Å². The van der Waals surface area contributed by atoms with E-state index in [1.54, 1.807) is 29.5 Å². The number of hydrogen-bond donors (Lipinski definition) is 1. The van der Waals surface area contributed by atoms with Crippen molar-refractivity contribution in [3.8, 4) is 0 Å². The van der Waals surface area contributed by atoms with Gasteiger partial charge in [0.05, 0.1) is 29.7 Å². The lowest BCUT2D eigenvalue weighted by molar-refractivity contribution is 0.0729. The smallest absolute Gasteiger partial charge is 0.252 e. The molecule has 0 spiro atoms. The predicted molar refractivity (Wildman–Crippen MR) is 125 cm³/mol. The molecule has 1 atom stereocenters. The number of piperidine rings is 1. The number of likely N-dealkylation sites (tertiary alicyclic amines) is 1. The Morgan fingerprint density at radius 1 is 1.12 bits per heavy atom. The van der Waals surface area contributed by atoms with Crippen LogP contribution in [0.25, 0.3) is 0 Å². The zero-order chi connectivity index (χ0) is 22.6. The molecule has 0 bridgehead atoms. The Hall–Kier alpha value is -1.78. The van der Waals surface area contributed by atoms with Gasteiger partial charge in [0.25, 0.3) is 5.91 Å². The van der Waals surface area contributed by atoms with Crippen molar-refractivity contribution in [2.24, 2.45) is 5.92 Å². The summed E-state index contributed by atoms with van der Waals surface area (Å²) in [5, 5.41) is 5.09. The molecule has 174 valence electrons. The number of rotatable bonds is 7. The van der Waals surface area contributed by atoms with Crippen LogP contribution in [0.5, 0.6) is 0 Å². The first-order valence-electron chi connectivity index (χ1n) is 11.2. The minimum atomic E-state index is -3.76. The molecule has 4 rings (SSSR count). The van der Waals surface area contributed by atoms with Gasteiger partial charge < -0.3 is 10.1 Å². The van der Waals surface area contributed by atoms with Gasteiger partial charge in [-0.2, -0.15) is 4.31 Å². The van der Waals surface area contributed by atoms with E-state index in [0.29, 0.717) is 32.8 Å². The largest absolute Gasteiger partial charge is 0.379 e. The fraction of sp³-hybridized carbons (Fsp3) is 0.522. The van der Waals surface area contributed by atoms with Crippen molar-refractivity contribution in [1.29, 1.82) is 0 Å². The Kier molecular flexibility index (Phi) is 7.63. The Bertz CT molecular complexity index is 996. The first-order valence-corrected chi connectivity index (χ1v) is 13.5. The molecule has 1 aromatic heterocycles. The van der Waals surface area contributed by atoms with E-state index in [1.807, 2.05) is 6.07 Å². The Balaban J connectivity index is 1.51. The van der Waals surface area contributed by atoms with Crippen LogP contribution in [-0.2, 0) is 14.8 Å². The van der Waals surface area contributed by atoms with E-state index in [9.17, 15) is 13.2 Å². The molecule has 2 aromatic rings. The van der Waals surface area contributed by atoms with Gasteiger partial charge >= 0.3 is 0 Å². The molecule has 9 heteroatoms. The second kappa shape index (κ2) is 10.4. The number of nitrogens with zero attached hydrogens (tertiary/aromatic N) is 2. The summed E-state index contributed by atoms with van der Waals surface area (Å²) in [6.45, 7) is 6.06. The van der Waals surface area contributed by atoms with E-state index in [4.69, 9.17) is 4.74 Å². The van der Waals surface area contributed by atoms with E-state index in [0.717, 1.165) is 31.8 Å². The number of amides is 1. The molecule has 1 amide bonds. The number of thiophene rings is 1. The lowest BCUT2D eigenvalue weighted by Crippen LogP contribution is -2.43. The second-order valence-corrected chi connectivity index (χ2v) is 11.4. The zero-order valence-corrected chi connectivity index (χ0v) is 20.0. The number of carbonyl (C=O) groups excluding carboxylic acids is 1. The highest BCUT2D eigenvalue weighted by atomic mass is 32.2. The van der Waals surface area contributed by atoms with Crippen molar-refractivity contribution < 1.29 is 17.9 Å². The van der Waals surface area contributed by atoms with Gasteiger partial charge in [0.2, 0.25) is 10.0 Å². The summed E-state index contributed by atoms with van der Waals surface area (Å²) >= 11 is 1.69. The number of nitrogens with one attached hydrogen (secondary N) is 1. The van der Waals surface area contributed by atoms with Crippen LogP contribution in [0.1, 0.15) is 41.0 Å². The van der Waals surface area contributed by atoms with Gasteiger partial charge in [-0.1, -0.05) is 25.1 Å². The molecular formula is C23H31N3O4S2. The lowest BCUT2D eigenvalue weighted by Gasteiger charge is -2.36. The average molecular weight is 478 g/mol. The van der Waals surface area contributed by atoms with Crippen molar-refractivity contribution in [3.63, 3.8) is 0 Å². The van der Waals surface area contributed by atoms with Crippen LogP contribution in [0.3, 0.4) is 0 Å². The first-order chi connectivity index (χ1) is 15.5. The Labute approximate surface area is 194 Å². The molecule has 2 aliphatic rings. The van der Waals surface area contributed by atoms with Gasteiger partial charge in [-0.25, -0.2) is 8.42 Å². The van der Waals surface area contributed by atoms with Crippen LogP contribution in [0.2, 0.25) is 0 Å². The van der Waals surface area contributed by atoms with Crippen LogP contribution >= 0.6 is 11.3 Å². The second-order valence-electron chi connectivity index (χ2n) is 8.47. The maximum absolute atomic E-state index is 13.2. The van der Waals surface area contributed by atoms with E-state index in [1.165, 1.54) is 15.2 Å². The monoisotopic (exact) mass is 477 g/mol. The minimum absolute atomic E-state index is 0.0545. The Morgan fingerprint density at radius 3 is 2.53 bits per heavy atom. The molecule has 3 heterocycles. The summed E-state index contributed by atoms with van der Waals surface area (Å²) in [6.07, 6.45) is 2.30. The average Bonchev–Trinajstić information content (AvgIpc) is 3.35. The molecule has 2 saturated heterocycles. The van der Waals surface area contributed by atoms with Gasteiger partial charge in [0.1, 0.15) is 0 Å². The van der Waals surface area contributed by atoms with E-state index in [2.05, 4.69) is 28.6 Å². The summed E-state index contributed by atoms with van der Waals surface area (Å²) in [7, 11) is -3.76. The molecule has 2 fully saturated rings. The standard InChI is InChI=1S/C23H31N3O4S2/c1-18-8-10-25(11-9-18)20(21-6-4-16-31-21)17-24-23(27)19-5-2-3-7-22(19)32(28,29)26-12-14-30-15-13-26/h2-7,16,18,20H,8-15,17H2,1H3,(H,24,27). The molecule has 0 aliphatic carbocycles. The summed E-state index contributed by atoms with van der Waals surface area (Å²) in [5.41, 5.74) is 0.191. The molecule has 1 N–H and O–H groups in total. The van der Waals surface area contributed by atoms with Gasteiger partial charge in [0.15, 0.2) is 0 Å². The highest BCUT2D eigenvalue weighted by molar-refractivity contribution is 7.89. The third-order valence-electron chi connectivity index (χ3n) is 6.31. The summed E-state index contributed by atoms with van der Waals surface area (Å²) in [6, 6.07) is 10.7. The van der Waals surface area contributed by atoms with Crippen LogP contribution in [0.4, 0.5) is 0 Å². The van der Waals surface area contributed by atoms with Gasteiger partial charge in [-0.15, -0.1) is 11.3 Å². The van der Waals surface area contributed by atoms with Crippen LogP contribution in [-0.4, -0.2) is 69.5 Å². The maximum Gasteiger partial charge on any atom is 0.252 e. The minimum Gasteiger partial charge on any atom is -0.379 e. The fourth-order valence-electron chi connectivity index (χ4n) is 4.32. The van der Waals surface area contributed by atoms with E-state index >= 15 is 0 Å². The third kappa shape index (κ3) is 5.23. The summed E-state index contributed by atoms with van der Waals surface area (Å²) in [4.78, 5) is 16.9. The lowest BCUT2D eigenvalue weighted by atomic mass is 9.97. The number of sulfonamides is 1. The number of carbonyl (C=O) groups is 1. The maximum atomic E-state index is 13.2. The fourth-order valence-corrected chi connectivity index (χ4v) is 6.78. The van der Waals surface area contributed by atoms with Crippen LogP contribution in [0, 0.1) is 5.92 Å². The topological polar surface area (TPSA) is 79.0 Å². The summed E-state index contributed by atoms with van der Waals surface area (Å²) in [5.74, 6) is 0.367. The number of hydrogen-bond acceptors (Lipinski definition) is 6. The molecule has 7 nitrogen and oxygen atoms in total. The molecule has 1 aromatic carbocycles. The molecule has 0 saturated carbocycles. The number of ether oxygens (including phenoxy) is 1. The SMILES string of the molecule is CC1CCN(C(CNC(=O)c2ccccc2S(=O)(=O)N2CCOCC2)c2cccs2)CC1. The third-order valence-corrected chi connectivity index (χ3v) is 9.24. The summed E-state index contributed by atoms with van der Waals surface area (Å²) < 4.78 is 33.1. The van der Waals surface area contributed by atoms with Gasteiger partial charge in [-0.3, -0.25) is 9.69 Å².